The molecule has 1 aromatic heterocycles. The maximum atomic E-state index is 13.0. The fourth-order valence-electron chi connectivity index (χ4n) is 3.84. The first-order valence-electron chi connectivity index (χ1n) is 8.86. The molecule has 140 valence electrons. The molecule has 29 heavy (non-hydrogen) atoms. The van der Waals surface area contributed by atoms with E-state index in [1.807, 2.05) is 24.3 Å². The van der Waals surface area contributed by atoms with Gasteiger partial charge in [-0.3, -0.25) is 14.4 Å². The highest BCUT2D eigenvalue weighted by Crippen LogP contribution is 2.41. The van der Waals surface area contributed by atoms with Gasteiger partial charge >= 0.3 is 0 Å². The predicted molar refractivity (Wildman–Crippen MR) is 105 cm³/mol. The first-order valence-corrected chi connectivity index (χ1v) is 9.24. The van der Waals surface area contributed by atoms with Crippen molar-refractivity contribution in [3.05, 3.63) is 63.4 Å². The summed E-state index contributed by atoms with van der Waals surface area (Å²) in [6.07, 6.45) is 3.06. The van der Waals surface area contributed by atoms with Crippen molar-refractivity contribution >= 4 is 45.4 Å². The van der Waals surface area contributed by atoms with Crippen LogP contribution in [0.2, 0.25) is 0 Å². The minimum Gasteiger partial charge on any atom is -0.361 e. The highest BCUT2D eigenvalue weighted by molar-refractivity contribution is 6.52. The Morgan fingerprint density at radius 1 is 0.931 bits per heavy atom. The second kappa shape index (κ2) is 7.01. The number of ketones is 3. The largest absolute Gasteiger partial charge is 0.361 e. The van der Waals surface area contributed by atoms with Crippen LogP contribution in [0.5, 0.6) is 0 Å². The Balaban J connectivity index is 2.03. The van der Waals surface area contributed by atoms with E-state index in [1.165, 1.54) is 0 Å². The molecule has 1 heterocycles. The number of rotatable bonds is 2. The standard InChI is InChI=1S/C22H12ClN3O3/c23-20-19(21(28)13(8-24)14(9-25)22(20)29)18-12(5-3-7-17(18)27)15-10-26-16-6-2-1-4-11(15)16/h1-2,4,6,10,26H,3,5,7H2. The number of Topliss-reactive ketones (excluding diaryl/α,β-unsaturated/α-hetero) is 3. The second-order valence-electron chi connectivity index (χ2n) is 6.70. The smallest absolute Gasteiger partial charge is 0.217 e. The van der Waals surface area contributed by atoms with E-state index in [0.29, 0.717) is 18.4 Å². The summed E-state index contributed by atoms with van der Waals surface area (Å²) in [6, 6.07) is 10.7. The summed E-state index contributed by atoms with van der Waals surface area (Å²) in [7, 11) is 0. The van der Waals surface area contributed by atoms with Crippen LogP contribution in [0.15, 0.2) is 57.8 Å². The third-order valence-electron chi connectivity index (χ3n) is 5.15. The van der Waals surface area contributed by atoms with Crippen molar-refractivity contribution < 1.29 is 14.4 Å². The number of nitrogens with zero attached hydrogens (tertiary/aromatic N) is 2. The Morgan fingerprint density at radius 2 is 1.62 bits per heavy atom. The summed E-state index contributed by atoms with van der Waals surface area (Å²) in [5, 5.41) is 18.9. The first kappa shape index (κ1) is 18.6. The van der Waals surface area contributed by atoms with Crippen LogP contribution in [-0.2, 0) is 14.4 Å². The van der Waals surface area contributed by atoms with E-state index in [4.69, 9.17) is 11.6 Å². The molecule has 6 nitrogen and oxygen atoms in total. The van der Waals surface area contributed by atoms with Gasteiger partial charge in [-0.15, -0.1) is 0 Å². The van der Waals surface area contributed by atoms with Gasteiger partial charge in [0.05, 0.1) is 5.57 Å². The van der Waals surface area contributed by atoms with Crippen LogP contribution in [0.1, 0.15) is 24.8 Å². The van der Waals surface area contributed by atoms with Crippen molar-refractivity contribution in [1.82, 2.24) is 4.98 Å². The Morgan fingerprint density at radius 3 is 2.34 bits per heavy atom. The van der Waals surface area contributed by atoms with E-state index in [1.54, 1.807) is 18.3 Å². The number of carbonyl (C=O) groups excluding carboxylic acids is 3. The molecule has 4 rings (SSSR count). The molecular weight excluding hydrogens is 390 g/mol. The Labute approximate surface area is 170 Å². The molecule has 0 unspecified atom stereocenters. The van der Waals surface area contributed by atoms with Crippen LogP contribution in [-0.4, -0.2) is 22.3 Å². The van der Waals surface area contributed by atoms with Crippen LogP contribution in [0.25, 0.3) is 16.5 Å². The molecule has 1 aromatic carbocycles. The number of carbonyl (C=O) groups is 3. The summed E-state index contributed by atoms with van der Waals surface area (Å²) in [4.78, 5) is 41.5. The van der Waals surface area contributed by atoms with Crippen molar-refractivity contribution in [2.75, 3.05) is 0 Å². The van der Waals surface area contributed by atoms with Crippen LogP contribution >= 0.6 is 11.6 Å². The monoisotopic (exact) mass is 401 g/mol. The molecule has 0 saturated heterocycles. The molecule has 0 amide bonds. The first-order chi connectivity index (χ1) is 14.0. The molecule has 0 spiro atoms. The van der Waals surface area contributed by atoms with E-state index < -0.39 is 27.7 Å². The van der Waals surface area contributed by atoms with Gasteiger partial charge in [0.2, 0.25) is 11.6 Å². The Bertz CT molecular complexity index is 1310. The lowest BCUT2D eigenvalue weighted by Crippen LogP contribution is -2.26. The molecule has 2 aliphatic carbocycles. The fourth-order valence-corrected chi connectivity index (χ4v) is 4.11. The molecule has 0 bridgehead atoms. The van der Waals surface area contributed by atoms with Gasteiger partial charge in [-0.25, -0.2) is 0 Å². The number of aromatic nitrogens is 1. The van der Waals surface area contributed by atoms with Gasteiger partial charge in [-0.2, -0.15) is 10.5 Å². The number of allylic oxidation sites excluding steroid dienone is 6. The number of aromatic amines is 1. The number of benzene rings is 1. The third kappa shape index (κ3) is 2.74. The van der Waals surface area contributed by atoms with Gasteiger partial charge < -0.3 is 4.98 Å². The molecular formula is C22H12ClN3O3. The number of nitriles is 2. The predicted octanol–water partition coefficient (Wildman–Crippen LogP) is 3.66. The molecule has 7 heteroatoms. The highest BCUT2D eigenvalue weighted by atomic mass is 35.5. The Kier molecular flexibility index (Phi) is 4.50. The summed E-state index contributed by atoms with van der Waals surface area (Å²) < 4.78 is 0. The van der Waals surface area contributed by atoms with Gasteiger partial charge in [0.25, 0.3) is 0 Å². The maximum absolute atomic E-state index is 13.0. The van der Waals surface area contributed by atoms with Crippen molar-refractivity contribution in [1.29, 1.82) is 10.5 Å². The van der Waals surface area contributed by atoms with E-state index in [9.17, 15) is 24.9 Å². The number of hydrogen-bond donors (Lipinski definition) is 1. The van der Waals surface area contributed by atoms with Gasteiger partial charge in [0.1, 0.15) is 28.3 Å². The van der Waals surface area contributed by atoms with Crippen LogP contribution in [0.4, 0.5) is 0 Å². The molecule has 0 atom stereocenters. The van der Waals surface area contributed by atoms with Gasteiger partial charge in [-0.1, -0.05) is 29.8 Å². The zero-order valence-electron chi connectivity index (χ0n) is 15.0. The summed E-state index contributed by atoms with van der Waals surface area (Å²) in [5.74, 6) is -2.09. The number of fused-ring (bicyclic) bond motifs is 1. The molecule has 0 aliphatic heterocycles. The maximum Gasteiger partial charge on any atom is 0.217 e. The topological polar surface area (TPSA) is 115 Å². The van der Waals surface area contributed by atoms with Crippen molar-refractivity contribution in [2.24, 2.45) is 0 Å². The van der Waals surface area contributed by atoms with Crippen molar-refractivity contribution in [3.63, 3.8) is 0 Å². The average Bonchev–Trinajstić information content (AvgIpc) is 3.15. The molecule has 2 aromatic rings. The minimum absolute atomic E-state index is 0.0640. The van der Waals surface area contributed by atoms with E-state index in [-0.39, 0.29) is 23.4 Å². The number of nitrogens with one attached hydrogen (secondary N) is 1. The number of H-pyrrole nitrogens is 1. The number of hydrogen-bond acceptors (Lipinski definition) is 5. The molecule has 2 aliphatic rings. The summed E-state index contributed by atoms with van der Waals surface area (Å²) in [5.41, 5.74) is 0.819. The van der Waals surface area contributed by atoms with Gasteiger partial charge in [0.15, 0.2) is 5.78 Å². The molecule has 1 N–H and O–H groups in total. The quantitative estimate of drug-likeness (QED) is 0.771. The van der Waals surface area contributed by atoms with Crippen molar-refractivity contribution in [3.8, 4) is 12.1 Å². The van der Waals surface area contributed by atoms with E-state index >= 15 is 0 Å². The van der Waals surface area contributed by atoms with E-state index in [2.05, 4.69) is 4.98 Å². The van der Waals surface area contributed by atoms with Crippen molar-refractivity contribution in [2.45, 2.75) is 19.3 Å². The van der Waals surface area contributed by atoms with Gasteiger partial charge in [0, 0.05) is 34.7 Å². The second-order valence-corrected chi connectivity index (χ2v) is 7.08. The number of halogens is 1. The minimum atomic E-state index is -0.913. The lowest BCUT2D eigenvalue weighted by molar-refractivity contribution is -0.117. The number of para-hydroxylation sites is 1. The fraction of sp³-hybridized carbons (Fsp3) is 0.136. The van der Waals surface area contributed by atoms with Crippen LogP contribution in [0, 0.1) is 22.7 Å². The summed E-state index contributed by atoms with van der Waals surface area (Å²) >= 11 is 6.19. The lowest BCUT2D eigenvalue weighted by Gasteiger charge is -2.23. The van der Waals surface area contributed by atoms with Gasteiger partial charge in [-0.05, 0) is 24.5 Å². The SMILES string of the molecule is N#CC1=C(C#N)C(=O)C(C2=C(c3c[nH]c4ccccc34)CCCC2=O)=C(Cl)C1=O. The molecule has 0 saturated carbocycles. The average molecular weight is 402 g/mol. The van der Waals surface area contributed by atoms with Crippen LogP contribution < -0.4 is 0 Å². The molecule has 0 radical (unpaired) electrons. The Hall–Kier alpha value is -3.74. The lowest BCUT2D eigenvalue weighted by atomic mass is 9.78. The zero-order valence-corrected chi connectivity index (χ0v) is 15.8. The zero-order chi connectivity index (χ0) is 20.7. The highest BCUT2D eigenvalue weighted by Gasteiger charge is 2.39. The summed E-state index contributed by atoms with van der Waals surface area (Å²) in [6.45, 7) is 0. The van der Waals surface area contributed by atoms with Crippen LogP contribution in [0.3, 0.4) is 0 Å². The molecule has 0 fully saturated rings. The van der Waals surface area contributed by atoms with E-state index in [0.717, 1.165) is 16.5 Å². The third-order valence-corrected chi connectivity index (χ3v) is 5.51. The normalized spacial score (nSPS) is 17.8.